The summed E-state index contributed by atoms with van der Waals surface area (Å²) in [7, 11) is 6.56. The van der Waals surface area contributed by atoms with E-state index < -0.39 is 0 Å². The molecule has 2 N–H and O–H groups in total. The van der Waals surface area contributed by atoms with Crippen molar-refractivity contribution >= 4 is 0 Å². The topological polar surface area (TPSA) is 35.7 Å². The van der Waals surface area contributed by atoms with Crippen LogP contribution in [-0.2, 0) is 0 Å². The lowest BCUT2D eigenvalue weighted by atomic mass is 9.94. The van der Waals surface area contributed by atoms with Crippen molar-refractivity contribution in [3.63, 3.8) is 0 Å². The van der Waals surface area contributed by atoms with Gasteiger partial charge in [0.1, 0.15) is 0 Å². The average molecular weight is 268 g/mol. The fourth-order valence-corrected chi connectivity index (χ4v) is 3.56. The zero-order chi connectivity index (χ0) is 14.0. The molecule has 4 nitrogen and oxygen atoms in total. The van der Waals surface area contributed by atoms with Crippen molar-refractivity contribution in [2.45, 2.75) is 50.2 Å². The molecule has 0 aromatic rings. The largest absolute Gasteiger partial charge is 0.329 e. The first-order valence-electron chi connectivity index (χ1n) is 7.80. The van der Waals surface area contributed by atoms with Gasteiger partial charge in [-0.15, -0.1) is 0 Å². The monoisotopic (exact) mass is 268 g/mol. The minimum absolute atomic E-state index is 0.217. The Bertz CT molecular complexity index is 290. The summed E-state index contributed by atoms with van der Waals surface area (Å²) in [5.41, 5.74) is 6.38. The Balaban J connectivity index is 1.90. The van der Waals surface area contributed by atoms with E-state index in [9.17, 15) is 0 Å². The van der Waals surface area contributed by atoms with Gasteiger partial charge in [-0.1, -0.05) is 0 Å². The number of nitrogens with two attached hydrogens (primary N) is 1. The van der Waals surface area contributed by atoms with Crippen LogP contribution < -0.4 is 5.73 Å². The van der Waals surface area contributed by atoms with Crippen LogP contribution in [0.15, 0.2) is 0 Å². The Morgan fingerprint density at radius 2 is 1.89 bits per heavy atom. The maximum Gasteiger partial charge on any atom is 0.0470 e. The molecule has 19 heavy (non-hydrogen) atoms. The summed E-state index contributed by atoms with van der Waals surface area (Å²) in [6, 6.07) is 1.56. The van der Waals surface area contributed by atoms with Crippen molar-refractivity contribution < 1.29 is 0 Å². The number of nitrogens with zero attached hydrogens (tertiary/aromatic N) is 3. The zero-order valence-electron chi connectivity index (χ0n) is 13.2. The van der Waals surface area contributed by atoms with Crippen LogP contribution in [0, 0.1) is 0 Å². The van der Waals surface area contributed by atoms with Gasteiger partial charge in [-0.3, -0.25) is 9.80 Å². The van der Waals surface area contributed by atoms with E-state index in [0.29, 0.717) is 6.04 Å². The molecule has 0 aromatic carbocycles. The molecule has 0 aromatic heterocycles. The molecular formula is C15H32N4. The highest BCUT2D eigenvalue weighted by Crippen LogP contribution is 2.39. The van der Waals surface area contributed by atoms with Gasteiger partial charge in [0.15, 0.2) is 0 Å². The van der Waals surface area contributed by atoms with Crippen molar-refractivity contribution in [1.29, 1.82) is 0 Å². The molecule has 1 aliphatic carbocycles. The highest BCUT2D eigenvalue weighted by Gasteiger charge is 2.48. The van der Waals surface area contributed by atoms with Gasteiger partial charge in [0, 0.05) is 30.7 Å². The lowest BCUT2D eigenvalue weighted by molar-refractivity contribution is 0.123. The fraction of sp³-hybridized carbons (Fsp3) is 1.00. The van der Waals surface area contributed by atoms with E-state index in [1.165, 1.54) is 32.2 Å². The van der Waals surface area contributed by atoms with Crippen molar-refractivity contribution in [3.8, 4) is 0 Å². The number of rotatable bonds is 7. The Morgan fingerprint density at radius 1 is 1.21 bits per heavy atom. The third kappa shape index (κ3) is 3.48. The highest BCUT2D eigenvalue weighted by molar-refractivity contribution is 5.06. The number of likely N-dealkylation sites (N-methyl/N-ethyl adjacent to an activating group) is 1. The third-order valence-electron chi connectivity index (χ3n) is 5.02. The smallest absolute Gasteiger partial charge is 0.0470 e. The second kappa shape index (κ2) is 6.08. The molecule has 4 heteroatoms. The van der Waals surface area contributed by atoms with Crippen LogP contribution >= 0.6 is 0 Å². The molecule has 0 radical (unpaired) electrons. The van der Waals surface area contributed by atoms with Crippen LogP contribution in [0.25, 0.3) is 0 Å². The third-order valence-corrected chi connectivity index (χ3v) is 5.02. The van der Waals surface area contributed by atoms with Gasteiger partial charge < -0.3 is 10.6 Å². The predicted octanol–water partition coefficient (Wildman–Crippen LogP) is 0.824. The first-order chi connectivity index (χ1) is 8.98. The molecule has 0 bridgehead atoms. The Morgan fingerprint density at radius 3 is 2.42 bits per heavy atom. The summed E-state index contributed by atoms with van der Waals surface area (Å²) in [5, 5.41) is 0. The fourth-order valence-electron chi connectivity index (χ4n) is 3.56. The van der Waals surface area contributed by atoms with E-state index in [4.69, 9.17) is 5.73 Å². The van der Waals surface area contributed by atoms with Crippen LogP contribution in [0.3, 0.4) is 0 Å². The van der Waals surface area contributed by atoms with E-state index in [1.807, 2.05) is 0 Å². The van der Waals surface area contributed by atoms with Crippen LogP contribution in [-0.4, -0.2) is 79.6 Å². The van der Waals surface area contributed by atoms with Gasteiger partial charge in [-0.25, -0.2) is 0 Å². The van der Waals surface area contributed by atoms with Crippen molar-refractivity contribution in [2.75, 3.05) is 47.3 Å². The molecule has 1 saturated carbocycles. The van der Waals surface area contributed by atoms with E-state index >= 15 is 0 Å². The number of hydrogen-bond acceptors (Lipinski definition) is 4. The second-order valence-electron chi connectivity index (χ2n) is 6.96. The van der Waals surface area contributed by atoms with Gasteiger partial charge in [-0.2, -0.15) is 0 Å². The maximum atomic E-state index is 6.17. The molecule has 0 amide bonds. The summed E-state index contributed by atoms with van der Waals surface area (Å²) in [5.74, 6) is 0. The Labute approximate surface area is 118 Å². The molecule has 2 fully saturated rings. The second-order valence-corrected chi connectivity index (χ2v) is 6.96. The summed E-state index contributed by atoms with van der Waals surface area (Å²) in [6.45, 7) is 6.66. The van der Waals surface area contributed by atoms with E-state index in [0.717, 1.165) is 25.7 Å². The first-order valence-corrected chi connectivity index (χ1v) is 7.80. The maximum absolute atomic E-state index is 6.17. The first kappa shape index (κ1) is 15.2. The molecule has 2 rings (SSSR count). The highest BCUT2D eigenvalue weighted by atomic mass is 15.3. The quantitative estimate of drug-likeness (QED) is 0.742. The van der Waals surface area contributed by atoms with Gasteiger partial charge >= 0.3 is 0 Å². The van der Waals surface area contributed by atoms with E-state index in [-0.39, 0.29) is 5.54 Å². The molecule has 2 unspecified atom stereocenters. The van der Waals surface area contributed by atoms with Gasteiger partial charge in [0.2, 0.25) is 0 Å². The molecular weight excluding hydrogens is 236 g/mol. The minimum Gasteiger partial charge on any atom is -0.329 e. The molecule has 1 aliphatic heterocycles. The molecule has 1 saturated heterocycles. The van der Waals surface area contributed by atoms with E-state index in [2.05, 4.69) is 42.8 Å². The molecule has 112 valence electrons. The number of hydrogen-bond donors (Lipinski definition) is 1. The van der Waals surface area contributed by atoms with Crippen molar-refractivity contribution in [1.82, 2.24) is 14.7 Å². The molecule has 2 atom stereocenters. The average Bonchev–Trinajstić information content (AvgIpc) is 3.13. The number of likely N-dealkylation sites (tertiary alicyclic amines) is 1. The van der Waals surface area contributed by atoms with Crippen molar-refractivity contribution in [3.05, 3.63) is 0 Å². The summed E-state index contributed by atoms with van der Waals surface area (Å²) >= 11 is 0. The molecule has 2 aliphatic rings. The van der Waals surface area contributed by atoms with Crippen LogP contribution in [0.2, 0.25) is 0 Å². The van der Waals surface area contributed by atoms with Crippen LogP contribution in [0.4, 0.5) is 0 Å². The van der Waals surface area contributed by atoms with E-state index in [1.54, 1.807) is 0 Å². The van der Waals surface area contributed by atoms with Gasteiger partial charge in [0.25, 0.3) is 0 Å². The molecule has 0 spiro atoms. The van der Waals surface area contributed by atoms with Gasteiger partial charge in [0.05, 0.1) is 0 Å². The normalized spacial score (nSPS) is 32.7. The lowest BCUT2D eigenvalue weighted by Crippen LogP contribution is -2.54. The zero-order valence-corrected chi connectivity index (χ0v) is 13.2. The van der Waals surface area contributed by atoms with Crippen LogP contribution in [0.5, 0.6) is 0 Å². The van der Waals surface area contributed by atoms with Gasteiger partial charge in [-0.05, 0) is 66.8 Å². The van der Waals surface area contributed by atoms with Crippen molar-refractivity contribution in [2.24, 2.45) is 5.73 Å². The summed E-state index contributed by atoms with van der Waals surface area (Å²) in [4.78, 5) is 7.50. The SMILES string of the molecule is CC1CC(CN)(N(C)CCCN(C)C)CN1C1CC1. The van der Waals surface area contributed by atoms with Crippen LogP contribution in [0.1, 0.15) is 32.6 Å². The summed E-state index contributed by atoms with van der Waals surface area (Å²) in [6.07, 6.45) is 5.26. The minimum atomic E-state index is 0.217. The summed E-state index contributed by atoms with van der Waals surface area (Å²) < 4.78 is 0. The Kier molecular flexibility index (Phi) is 4.88. The Hall–Kier alpha value is -0.160. The lowest BCUT2D eigenvalue weighted by Gasteiger charge is -2.38. The molecule has 1 heterocycles. The standard InChI is InChI=1S/C15H32N4/c1-13-10-15(11-16,12-19(13)14-6-7-14)18(4)9-5-8-17(2)3/h13-14H,5-12,16H2,1-4H3. The predicted molar refractivity (Wildman–Crippen MR) is 81.4 cm³/mol.